The predicted molar refractivity (Wildman–Crippen MR) is 80.1 cm³/mol. The maximum atomic E-state index is 12.7. The van der Waals surface area contributed by atoms with E-state index >= 15 is 0 Å². The first-order valence-corrected chi connectivity index (χ1v) is 7.35. The Bertz CT molecular complexity index is 764. The smallest absolute Gasteiger partial charge is 0.416 e. The van der Waals surface area contributed by atoms with Gasteiger partial charge >= 0.3 is 6.18 Å². The minimum atomic E-state index is -4.32. The standard InChI is InChI=1S/C17H14F3N3O/c18-17(19,20)13-3-1-2-12(6-13)9-23-10-16(11-23)24-15-4-5-22-14(7-15)8-21/h1-7,16H,9-11H2. The van der Waals surface area contributed by atoms with Crippen molar-refractivity contribution < 1.29 is 17.9 Å². The fourth-order valence-electron chi connectivity index (χ4n) is 2.57. The van der Waals surface area contributed by atoms with Gasteiger partial charge in [0.2, 0.25) is 0 Å². The first kappa shape index (κ1) is 16.3. The number of benzene rings is 1. The number of nitrogens with zero attached hydrogens (tertiary/aromatic N) is 3. The molecule has 0 unspecified atom stereocenters. The molecule has 2 heterocycles. The van der Waals surface area contributed by atoms with Crippen LogP contribution < -0.4 is 4.74 Å². The van der Waals surface area contributed by atoms with Crippen LogP contribution in [-0.4, -0.2) is 29.1 Å². The monoisotopic (exact) mass is 333 g/mol. The average Bonchev–Trinajstić information content (AvgIpc) is 2.52. The molecule has 7 heteroatoms. The highest BCUT2D eigenvalue weighted by molar-refractivity contribution is 5.30. The lowest BCUT2D eigenvalue weighted by atomic mass is 10.1. The highest BCUT2D eigenvalue weighted by Gasteiger charge is 2.32. The lowest BCUT2D eigenvalue weighted by Gasteiger charge is -2.39. The molecule has 4 nitrogen and oxygen atoms in total. The largest absolute Gasteiger partial charge is 0.488 e. The lowest BCUT2D eigenvalue weighted by molar-refractivity contribution is -0.137. The fourth-order valence-corrected chi connectivity index (χ4v) is 2.57. The van der Waals surface area contributed by atoms with E-state index in [4.69, 9.17) is 10.00 Å². The number of aromatic nitrogens is 1. The quantitative estimate of drug-likeness (QED) is 0.862. The summed E-state index contributed by atoms with van der Waals surface area (Å²) in [6.45, 7) is 1.70. The summed E-state index contributed by atoms with van der Waals surface area (Å²) in [5.74, 6) is 0.574. The Labute approximate surface area is 137 Å². The molecule has 1 saturated heterocycles. The summed E-state index contributed by atoms with van der Waals surface area (Å²) < 4.78 is 43.8. The third-order valence-electron chi connectivity index (χ3n) is 3.73. The summed E-state index contributed by atoms with van der Waals surface area (Å²) in [4.78, 5) is 5.87. The van der Waals surface area contributed by atoms with Gasteiger partial charge in [-0.2, -0.15) is 18.4 Å². The van der Waals surface area contributed by atoms with Gasteiger partial charge in [0, 0.05) is 31.9 Å². The van der Waals surface area contributed by atoms with Gasteiger partial charge in [0.25, 0.3) is 0 Å². The van der Waals surface area contributed by atoms with Gasteiger partial charge in [-0.25, -0.2) is 4.98 Å². The van der Waals surface area contributed by atoms with Gasteiger partial charge in [0.1, 0.15) is 23.6 Å². The van der Waals surface area contributed by atoms with Crippen LogP contribution in [0, 0.1) is 11.3 Å². The van der Waals surface area contributed by atoms with Crippen LogP contribution in [0.15, 0.2) is 42.6 Å². The molecular weight excluding hydrogens is 319 g/mol. The second-order valence-electron chi connectivity index (χ2n) is 5.62. The molecule has 0 saturated carbocycles. The van der Waals surface area contributed by atoms with E-state index in [9.17, 15) is 13.2 Å². The molecule has 2 aromatic rings. The second kappa shape index (κ2) is 6.49. The van der Waals surface area contributed by atoms with E-state index in [1.54, 1.807) is 18.2 Å². The molecule has 0 N–H and O–H groups in total. The first-order chi connectivity index (χ1) is 11.4. The van der Waals surface area contributed by atoms with Crippen LogP contribution in [0.25, 0.3) is 0 Å². The molecule has 3 rings (SSSR count). The summed E-state index contributed by atoms with van der Waals surface area (Å²) in [6.07, 6.45) is -2.85. The number of halogens is 3. The van der Waals surface area contributed by atoms with Crippen molar-refractivity contribution in [3.05, 3.63) is 59.4 Å². The zero-order valence-electron chi connectivity index (χ0n) is 12.6. The normalized spacial score (nSPS) is 15.6. The van der Waals surface area contributed by atoms with Crippen LogP contribution in [-0.2, 0) is 12.7 Å². The van der Waals surface area contributed by atoms with Gasteiger partial charge in [-0.3, -0.25) is 4.90 Å². The maximum absolute atomic E-state index is 12.7. The minimum Gasteiger partial charge on any atom is -0.488 e. The molecule has 1 fully saturated rings. The zero-order valence-corrected chi connectivity index (χ0v) is 12.6. The summed E-state index contributed by atoms with van der Waals surface area (Å²) in [5, 5.41) is 8.80. The summed E-state index contributed by atoms with van der Waals surface area (Å²) in [5.41, 5.74) is 0.278. The molecule has 0 amide bonds. The van der Waals surface area contributed by atoms with Crippen molar-refractivity contribution >= 4 is 0 Å². The van der Waals surface area contributed by atoms with Crippen LogP contribution in [0.5, 0.6) is 5.75 Å². The number of alkyl halides is 3. The molecule has 1 aromatic carbocycles. The van der Waals surface area contributed by atoms with Crippen molar-refractivity contribution in [1.82, 2.24) is 9.88 Å². The Balaban J connectivity index is 1.53. The van der Waals surface area contributed by atoms with Gasteiger partial charge in [-0.05, 0) is 17.7 Å². The number of rotatable bonds is 4. The van der Waals surface area contributed by atoms with Crippen molar-refractivity contribution in [2.24, 2.45) is 0 Å². The number of ether oxygens (including phenoxy) is 1. The van der Waals surface area contributed by atoms with Crippen molar-refractivity contribution in [1.29, 1.82) is 5.26 Å². The average molecular weight is 333 g/mol. The topological polar surface area (TPSA) is 49.1 Å². The Morgan fingerprint density at radius 3 is 2.75 bits per heavy atom. The van der Waals surface area contributed by atoms with Crippen molar-refractivity contribution in [2.75, 3.05) is 13.1 Å². The van der Waals surface area contributed by atoms with E-state index in [0.29, 0.717) is 30.9 Å². The van der Waals surface area contributed by atoms with E-state index in [2.05, 4.69) is 4.98 Å². The lowest BCUT2D eigenvalue weighted by Crippen LogP contribution is -2.53. The van der Waals surface area contributed by atoms with Gasteiger partial charge in [0.05, 0.1) is 5.56 Å². The molecule has 0 bridgehead atoms. The van der Waals surface area contributed by atoms with Gasteiger partial charge in [0.15, 0.2) is 0 Å². The second-order valence-corrected chi connectivity index (χ2v) is 5.62. The highest BCUT2D eigenvalue weighted by atomic mass is 19.4. The van der Waals surface area contributed by atoms with E-state index in [1.165, 1.54) is 18.3 Å². The number of likely N-dealkylation sites (tertiary alicyclic amines) is 1. The molecule has 0 radical (unpaired) electrons. The van der Waals surface area contributed by atoms with E-state index in [1.807, 2.05) is 11.0 Å². The first-order valence-electron chi connectivity index (χ1n) is 7.35. The van der Waals surface area contributed by atoms with Gasteiger partial charge in [-0.15, -0.1) is 0 Å². The number of nitriles is 1. The van der Waals surface area contributed by atoms with Gasteiger partial charge < -0.3 is 4.74 Å². The summed E-state index contributed by atoms with van der Waals surface area (Å²) in [6, 6.07) is 10.5. The number of hydrogen-bond donors (Lipinski definition) is 0. The van der Waals surface area contributed by atoms with E-state index in [0.717, 1.165) is 6.07 Å². The Kier molecular flexibility index (Phi) is 4.40. The van der Waals surface area contributed by atoms with Crippen LogP contribution in [0.4, 0.5) is 13.2 Å². The zero-order chi connectivity index (χ0) is 17.2. The molecule has 24 heavy (non-hydrogen) atoms. The van der Waals surface area contributed by atoms with Crippen molar-refractivity contribution in [2.45, 2.75) is 18.8 Å². The van der Waals surface area contributed by atoms with Crippen LogP contribution in [0.2, 0.25) is 0 Å². The highest BCUT2D eigenvalue weighted by Crippen LogP contribution is 2.30. The Morgan fingerprint density at radius 1 is 1.25 bits per heavy atom. The summed E-state index contributed by atoms with van der Waals surface area (Å²) in [7, 11) is 0. The summed E-state index contributed by atoms with van der Waals surface area (Å²) >= 11 is 0. The predicted octanol–water partition coefficient (Wildman–Crippen LogP) is 3.24. The van der Waals surface area contributed by atoms with Crippen molar-refractivity contribution in [3.8, 4) is 11.8 Å². The van der Waals surface area contributed by atoms with Crippen LogP contribution >= 0.6 is 0 Å². The van der Waals surface area contributed by atoms with Crippen LogP contribution in [0.1, 0.15) is 16.8 Å². The fraction of sp³-hybridized carbons (Fsp3) is 0.294. The SMILES string of the molecule is N#Cc1cc(OC2CN(Cc3cccc(C(F)(F)F)c3)C2)ccn1. The van der Waals surface area contributed by atoms with Crippen molar-refractivity contribution in [3.63, 3.8) is 0 Å². The van der Waals surface area contributed by atoms with E-state index in [-0.39, 0.29) is 11.8 Å². The maximum Gasteiger partial charge on any atom is 0.416 e. The third kappa shape index (κ3) is 3.84. The minimum absolute atomic E-state index is 0.0373. The molecule has 1 aliphatic heterocycles. The Hall–Kier alpha value is -2.59. The molecule has 0 atom stereocenters. The number of pyridine rings is 1. The third-order valence-corrected chi connectivity index (χ3v) is 3.73. The molecule has 1 aromatic heterocycles. The molecule has 124 valence electrons. The Morgan fingerprint density at radius 2 is 2.04 bits per heavy atom. The molecule has 1 aliphatic rings. The molecule has 0 aliphatic carbocycles. The molecule has 0 spiro atoms. The molecular formula is C17H14F3N3O. The van der Waals surface area contributed by atoms with E-state index < -0.39 is 11.7 Å². The number of hydrogen-bond acceptors (Lipinski definition) is 4. The van der Waals surface area contributed by atoms with Crippen LogP contribution in [0.3, 0.4) is 0 Å². The van der Waals surface area contributed by atoms with Gasteiger partial charge in [-0.1, -0.05) is 18.2 Å².